The van der Waals surface area contributed by atoms with E-state index in [9.17, 15) is 43.9 Å². The van der Waals surface area contributed by atoms with Gasteiger partial charge >= 0.3 is 21.7 Å². The minimum atomic E-state index is -2.17. The van der Waals surface area contributed by atoms with Crippen molar-refractivity contribution in [1.29, 1.82) is 0 Å². The summed E-state index contributed by atoms with van der Waals surface area (Å²) in [4.78, 5) is 2.29. The molecular weight excluding hydrogens is 632 g/mol. The molecule has 2 aromatic carbocycles. The van der Waals surface area contributed by atoms with Crippen LogP contribution in [-0.2, 0) is 21.7 Å². The Labute approximate surface area is 252 Å². The van der Waals surface area contributed by atoms with E-state index in [1.54, 1.807) is 17.0 Å². The normalized spacial score (nSPS) is 14.8. The van der Waals surface area contributed by atoms with Gasteiger partial charge in [-0.2, -0.15) is 0 Å². The van der Waals surface area contributed by atoms with E-state index >= 15 is 0 Å². The van der Waals surface area contributed by atoms with E-state index in [1.165, 1.54) is 6.42 Å². The molecule has 1 nitrogen and oxygen atoms in total. The Kier molecular flexibility index (Phi) is 15.6. The molecule has 0 aliphatic heterocycles. The Hall–Kier alpha value is -1.15. The smallest absolute Gasteiger partial charge is 0.309 e. The van der Waals surface area contributed by atoms with Crippen LogP contribution in [-0.4, -0.2) is 41.7 Å². The molecule has 14 heteroatoms. The van der Waals surface area contributed by atoms with Crippen LogP contribution in [0.5, 0.6) is 0 Å². The van der Waals surface area contributed by atoms with Gasteiger partial charge in [-0.15, -0.1) is 12.1 Å². The quantitative estimate of drug-likeness (QED) is 0.103. The Bertz CT molecular complexity index is 1040. The maximum Gasteiger partial charge on any atom is 3.00 e. The fourth-order valence-electron chi connectivity index (χ4n) is 3.23. The fraction of sp³-hybridized carbons (Fsp3) is 0.370. The zero-order valence-electron chi connectivity index (χ0n) is 23.8. The van der Waals surface area contributed by atoms with Gasteiger partial charge in [0.15, 0.2) is 0 Å². The van der Waals surface area contributed by atoms with E-state index in [-0.39, 0.29) is 21.7 Å². The topological polar surface area (TPSA) is 3.24 Å². The molecule has 2 aromatic rings. The summed E-state index contributed by atoms with van der Waals surface area (Å²) in [5.41, 5.74) is 3.34. The predicted octanol–water partition coefficient (Wildman–Crippen LogP) is 8.20. The van der Waals surface area contributed by atoms with Gasteiger partial charge in [-0.1, -0.05) is 39.3 Å². The van der Waals surface area contributed by atoms with Gasteiger partial charge in [0.05, 0.1) is 74.3 Å². The Morgan fingerprint density at radius 3 is 1.17 bits per heavy atom. The zero-order chi connectivity index (χ0) is 31.3. The van der Waals surface area contributed by atoms with Crippen molar-refractivity contribution in [3.63, 3.8) is 0 Å². The minimum Gasteiger partial charge on any atom is -0.309 e. The van der Waals surface area contributed by atoms with Gasteiger partial charge in [0.25, 0.3) is 0 Å². The first kappa shape index (κ1) is 39.8. The van der Waals surface area contributed by atoms with E-state index in [4.69, 9.17) is 0 Å². The largest absolute Gasteiger partial charge is 3.00 e. The molecule has 0 unspecified atom stereocenters. The number of halogens is 10. The van der Waals surface area contributed by atoms with Gasteiger partial charge in [-0.3, -0.25) is 17.6 Å². The van der Waals surface area contributed by atoms with Crippen molar-refractivity contribution >= 4 is 16.1 Å². The molecule has 41 heavy (non-hydrogen) atoms. The molecule has 0 saturated heterocycles. The molecule has 0 aromatic heterocycles. The summed E-state index contributed by atoms with van der Waals surface area (Å²) in [6.45, 7) is 15.9. The molecule has 1 saturated carbocycles. The van der Waals surface area contributed by atoms with Crippen LogP contribution in [0.15, 0.2) is 0 Å². The summed E-state index contributed by atoms with van der Waals surface area (Å²) in [6.07, 6.45) is 6.27. The Morgan fingerprint density at radius 1 is 0.561 bits per heavy atom. The summed E-state index contributed by atoms with van der Waals surface area (Å²) >= 11 is 0. The maximum atomic E-state index is 12.0. The third kappa shape index (κ3) is 11.5. The maximum absolute atomic E-state index is 12.0. The molecule has 1 fully saturated rings. The molecule has 3 rings (SSSR count). The van der Waals surface area contributed by atoms with Crippen molar-refractivity contribution in [1.82, 2.24) is 4.90 Å². The number of rotatable bonds is 5. The van der Waals surface area contributed by atoms with E-state index in [0.717, 1.165) is 18.7 Å². The van der Waals surface area contributed by atoms with Crippen molar-refractivity contribution < 1.29 is 65.6 Å². The van der Waals surface area contributed by atoms with Crippen LogP contribution in [0.1, 0.15) is 6.42 Å². The van der Waals surface area contributed by atoms with Crippen LogP contribution in [0.2, 0.25) is 39.3 Å². The molecule has 0 bridgehead atoms. The van der Waals surface area contributed by atoms with Gasteiger partial charge in [0, 0.05) is 0 Å². The summed E-state index contributed by atoms with van der Waals surface area (Å²) in [5.74, 6) is -18.5. The van der Waals surface area contributed by atoms with Crippen LogP contribution in [0.25, 0.3) is 0 Å². The first-order chi connectivity index (χ1) is 18.1. The van der Waals surface area contributed by atoms with E-state index in [0.29, 0.717) is 0 Å². The van der Waals surface area contributed by atoms with Crippen molar-refractivity contribution in [3.05, 3.63) is 100 Å². The molecule has 0 N–H and O–H groups in total. The van der Waals surface area contributed by atoms with Crippen LogP contribution < -0.4 is 0 Å². The second-order valence-corrected chi connectivity index (χ2v) is 21.2. The second kappa shape index (κ2) is 16.1. The van der Waals surface area contributed by atoms with Gasteiger partial charge < -0.3 is 4.90 Å². The molecule has 1 aliphatic carbocycles. The number of hydrogen-bond donors (Lipinski definition) is 0. The standard InChI is InChI=1S/C15H30NSi2.2C6F5.Ti/c1-16(2)10-9-13-11-14(17(3,4)5)12-15(13)18(6,7)8;2*7-2-1-3(8)5(10)6(11)4(2)9;/h11-12H,9-10H2,1-8H3;;;/q;2*-1;+3. The van der Waals surface area contributed by atoms with Gasteiger partial charge in [-0.05, 0) is 56.9 Å². The van der Waals surface area contributed by atoms with Crippen LogP contribution in [0, 0.1) is 100 Å². The molecule has 224 valence electrons. The van der Waals surface area contributed by atoms with Crippen molar-refractivity contribution in [3.8, 4) is 0 Å². The molecule has 0 heterocycles. The summed E-state index contributed by atoms with van der Waals surface area (Å²) in [5, 5.41) is 0. The minimum absolute atomic E-state index is 0. The van der Waals surface area contributed by atoms with Gasteiger partial charge in [-0.25, -0.2) is 26.3 Å². The third-order valence-corrected chi connectivity index (χ3v) is 9.56. The summed E-state index contributed by atoms with van der Waals surface area (Å²) in [7, 11) is 1.95. The third-order valence-electron chi connectivity index (χ3n) is 5.46. The van der Waals surface area contributed by atoms with Crippen LogP contribution in [0.3, 0.4) is 0 Å². The van der Waals surface area contributed by atoms with Gasteiger partial charge in [0.1, 0.15) is 0 Å². The molecule has 0 spiro atoms. The zero-order valence-corrected chi connectivity index (χ0v) is 27.4. The molecular formula is C27H30F10NSi2Ti+. The average molecular weight is 663 g/mol. The van der Waals surface area contributed by atoms with Crippen molar-refractivity contribution in [2.45, 2.75) is 45.7 Å². The second-order valence-electron chi connectivity index (χ2n) is 11.1. The fourth-order valence-corrected chi connectivity index (χ4v) is 6.31. The molecule has 0 amide bonds. The Balaban J connectivity index is 0.000000606. The summed E-state index contributed by atoms with van der Waals surface area (Å²) < 4.78 is 120. The predicted molar refractivity (Wildman–Crippen MR) is 138 cm³/mol. The van der Waals surface area contributed by atoms with Crippen molar-refractivity contribution in [2.75, 3.05) is 20.6 Å². The molecule has 0 atom stereocenters. The van der Waals surface area contributed by atoms with E-state index in [2.05, 4.69) is 71.1 Å². The SMILES string of the molecule is CN(C)CC[C]1[CH][C]([Si](C)(C)C)[CH][C]1[Si](C)(C)C.Fc1[c-]c(F)c(F)c(F)c1F.Fc1[c-]c(F)c(F)c(F)c1F.[Ti+3]. The Morgan fingerprint density at radius 2 is 0.902 bits per heavy atom. The van der Waals surface area contributed by atoms with E-state index in [1.807, 2.05) is 0 Å². The number of nitrogens with zero attached hydrogens (tertiary/aromatic N) is 1. The van der Waals surface area contributed by atoms with Crippen molar-refractivity contribution in [2.24, 2.45) is 0 Å². The number of benzene rings is 2. The first-order valence-electron chi connectivity index (χ1n) is 11.9. The van der Waals surface area contributed by atoms with Crippen LogP contribution in [0.4, 0.5) is 43.9 Å². The summed E-state index contributed by atoms with van der Waals surface area (Å²) in [6, 6.07) is 2.05. The molecule has 6 radical (unpaired) electrons. The van der Waals surface area contributed by atoms with Gasteiger partial charge in [0.2, 0.25) is 0 Å². The van der Waals surface area contributed by atoms with E-state index < -0.39 is 74.3 Å². The number of hydrogen-bond acceptors (Lipinski definition) is 1. The first-order valence-corrected chi connectivity index (χ1v) is 18.9. The average Bonchev–Trinajstić information content (AvgIpc) is 3.29. The monoisotopic (exact) mass is 662 g/mol. The van der Waals surface area contributed by atoms with Crippen LogP contribution >= 0.6 is 0 Å². The molecule has 1 aliphatic rings.